The summed E-state index contributed by atoms with van der Waals surface area (Å²) in [6.07, 6.45) is 7.91. The molecule has 22 heavy (non-hydrogen) atoms. The lowest BCUT2D eigenvalue weighted by molar-refractivity contribution is 0.0474. The third-order valence-electron chi connectivity index (χ3n) is 4.83. The van der Waals surface area contributed by atoms with Crippen molar-refractivity contribution in [3.05, 3.63) is 17.5 Å². The van der Waals surface area contributed by atoms with Gasteiger partial charge in [0.05, 0.1) is 11.3 Å². The summed E-state index contributed by atoms with van der Waals surface area (Å²) in [4.78, 5) is 11.6. The number of aliphatic hydroxyl groups is 1. The SMILES string of the molecule is Cc1cc(CNCC2(O)CCCC2)nc(N2CCCCC2)n1. The molecule has 0 unspecified atom stereocenters. The Kier molecular flexibility index (Phi) is 4.93. The van der Waals surface area contributed by atoms with Crippen molar-refractivity contribution in [3.8, 4) is 0 Å². The van der Waals surface area contributed by atoms with Crippen LogP contribution in [0.25, 0.3) is 0 Å². The van der Waals surface area contributed by atoms with E-state index in [0.29, 0.717) is 13.1 Å². The van der Waals surface area contributed by atoms with Gasteiger partial charge in [0.15, 0.2) is 0 Å². The van der Waals surface area contributed by atoms with Crippen LogP contribution in [0.4, 0.5) is 5.95 Å². The van der Waals surface area contributed by atoms with Crippen molar-refractivity contribution in [2.75, 3.05) is 24.5 Å². The van der Waals surface area contributed by atoms with Gasteiger partial charge in [0.25, 0.3) is 0 Å². The van der Waals surface area contributed by atoms with E-state index in [4.69, 9.17) is 4.98 Å². The van der Waals surface area contributed by atoms with E-state index in [-0.39, 0.29) is 0 Å². The molecule has 0 radical (unpaired) electrons. The number of hydrogen-bond acceptors (Lipinski definition) is 5. The minimum Gasteiger partial charge on any atom is -0.389 e. The fraction of sp³-hybridized carbons (Fsp3) is 0.765. The molecule has 2 N–H and O–H groups in total. The van der Waals surface area contributed by atoms with Gasteiger partial charge in [-0.2, -0.15) is 0 Å². The molecule has 122 valence electrons. The number of nitrogens with one attached hydrogen (secondary N) is 1. The fourth-order valence-corrected chi connectivity index (χ4v) is 3.58. The standard InChI is InChI=1S/C17H28N4O/c1-14-11-15(12-18-13-17(22)7-3-4-8-17)20-16(19-14)21-9-5-2-6-10-21/h11,18,22H,2-10,12-13H2,1H3. The van der Waals surface area contributed by atoms with Crippen molar-refractivity contribution in [1.29, 1.82) is 0 Å². The van der Waals surface area contributed by atoms with Gasteiger partial charge < -0.3 is 15.3 Å². The van der Waals surface area contributed by atoms with Gasteiger partial charge in [0.2, 0.25) is 5.95 Å². The first kappa shape index (κ1) is 15.7. The lowest BCUT2D eigenvalue weighted by Gasteiger charge is -2.27. The zero-order valence-electron chi connectivity index (χ0n) is 13.6. The van der Waals surface area contributed by atoms with Gasteiger partial charge in [-0.05, 0) is 45.1 Å². The number of piperidine rings is 1. The maximum atomic E-state index is 10.4. The highest BCUT2D eigenvalue weighted by Gasteiger charge is 2.30. The predicted octanol–water partition coefficient (Wildman–Crippen LogP) is 2.17. The first-order valence-electron chi connectivity index (χ1n) is 8.67. The summed E-state index contributed by atoms with van der Waals surface area (Å²) < 4.78 is 0. The highest BCUT2D eigenvalue weighted by atomic mass is 16.3. The Morgan fingerprint density at radius 2 is 1.86 bits per heavy atom. The van der Waals surface area contributed by atoms with Gasteiger partial charge >= 0.3 is 0 Å². The molecular weight excluding hydrogens is 276 g/mol. The maximum Gasteiger partial charge on any atom is 0.225 e. The topological polar surface area (TPSA) is 61.3 Å². The summed E-state index contributed by atoms with van der Waals surface area (Å²) >= 11 is 0. The predicted molar refractivity (Wildman–Crippen MR) is 88.0 cm³/mol. The first-order chi connectivity index (χ1) is 10.6. The number of hydrogen-bond donors (Lipinski definition) is 2. The van der Waals surface area contributed by atoms with Crippen molar-refractivity contribution in [1.82, 2.24) is 15.3 Å². The molecule has 0 amide bonds. The maximum absolute atomic E-state index is 10.4. The van der Waals surface area contributed by atoms with E-state index in [1.807, 2.05) is 13.0 Å². The Morgan fingerprint density at radius 3 is 2.59 bits per heavy atom. The van der Waals surface area contributed by atoms with Gasteiger partial charge in [0.1, 0.15) is 0 Å². The van der Waals surface area contributed by atoms with Gasteiger partial charge in [-0.3, -0.25) is 0 Å². The van der Waals surface area contributed by atoms with Crippen LogP contribution in [0.1, 0.15) is 56.3 Å². The normalized spacial score (nSPS) is 21.3. The Bertz CT molecular complexity index is 493. The van der Waals surface area contributed by atoms with Crippen LogP contribution < -0.4 is 10.2 Å². The average molecular weight is 304 g/mol. The van der Waals surface area contributed by atoms with E-state index in [1.165, 1.54) is 19.3 Å². The summed E-state index contributed by atoms with van der Waals surface area (Å²) in [5, 5.41) is 13.8. The molecule has 1 saturated carbocycles. The summed E-state index contributed by atoms with van der Waals surface area (Å²) in [6.45, 7) is 5.52. The molecule has 5 heteroatoms. The second-order valence-corrected chi connectivity index (χ2v) is 6.88. The Balaban J connectivity index is 1.59. The van der Waals surface area contributed by atoms with Crippen molar-refractivity contribution in [3.63, 3.8) is 0 Å². The minimum atomic E-state index is -0.502. The van der Waals surface area contributed by atoms with Crippen LogP contribution in [-0.4, -0.2) is 40.3 Å². The Morgan fingerprint density at radius 1 is 1.14 bits per heavy atom. The molecule has 0 atom stereocenters. The Hall–Kier alpha value is -1.20. The van der Waals surface area contributed by atoms with E-state index >= 15 is 0 Å². The van der Waals surface area contributed by atoms with E-state index in [1.54, 1.807) is 0 Å². The lowest BCUT2D eigenvalue weighted by atomic mass is 10.0. The van der Waals surface area contributed by atoms with Gasteiger partial charge in [-0.1, -0.05) is 12.8 Å². The van der Waals surface area contributed by atoms with Gasteiger partial charge in [-0.25, -0.2) is 9.97 Å². The van der Waals surface area contributed by atoms with Gasteiger partial charge in [-0.15, -0.1) is 0 Å². The van der Waals surface area contributed by atoms with Crippen LogP contribution >= 0.6 is 0 Å². The number of rotatable bonds is 5. The molecular formula is C17H28N4O. The molecule has 3 rings (SSSR count). The third-order valence-corrected chi connectivity index (χ3v) is 4.83. The first-order valence-corrected chi connectivity index (χ1v) is 8.67. The number of anilines is 1. The molecule has 0 bridgehead atoms. The van der Waals surface area contributed by atoms with E-state index in [0.717, 1.165) is 56.1 Å². The minimum absolute atomic E-state index is 0.502. The highest BCUT2D eigenvalue weighted by Crippen LogP contribution is 2.28. The lowest BCUT2D eigenvalue weighted by Crippen LogP contribution is -2.38. The summed E-state index contributed by atoms with van der Waals surface area (Å²) in [5.74, 6) is 0.871. The quantitative estimate of drug-likeness (QED) is 0.873. The van der Waals surface area contributed by atoms with Crippen molar-refractivity contribution in [2.45, 2.75) is 64.0 Å². The van der Waals surface area contributed by atoms with Crippen LogP contribution in [0.5, 0.6) is 0 Å². The number of aromatic nitrogens is 2. The molecule has 2 heterocycles. The monoisotopic (exact) mass is 304 g/mol. The average Bonchev–Trinajstić information content (AvgIpc) is 2.94. The molecule has 1 aliphatic carbocycles. The zero-order valence-corrected chi connectivity index (χ0v) is 13.6. The van der Waals surface area contributed by atoms with E-state index < -0.39 is 5.60 Å². The fourth-order valence-electron chi connectivity index (χ4n) is 3.58. The van der Waals surface area contributed by atoms with Crippen LogP contribution in [0, 0.1) is 6.92 Å². The number of nitrogens with zero attached hydrogens (tertiary/aromatic N) is 3. The third kappa shape index (κ3) is 3.96. The second kappa shape index (κ2) is 6.92. The van der Waals surface area contributed by atoms with Crippen LogP contribution in [-0.2, 0) is 6.54 Å². The van der Waals surface area contributed by atoms with Gasteiger partial charge in [0, 0.05) is 31.9 Å². The smallest absolute Gasteiger partial charge is 0.225 e. The molecule has 1 aromatic heterocycles. The summed E-state index contributed by atoms with van der Waals surface area (Å²) in [6, 6.07) is 2.04. The molecule has 1 aliphatic heterocycles. The molecule has 2 aliphatic rings. The Labute approximate surface area is 133 Å². The van der Waals surface area contributed by atoms with E-state index in [2.05, 4.69) is 15.2 Å². The molecule has 5 nitrogen and oxygen atoms in total. The van der Waals surface area contributed by atoms with Crippen molar-refractivity contribution < 1.29 is 5.11 Å². The van der Waals surface area contributed by atoms with Crippen molar-refractivity contribution >= 4 is 5.95 Å². The summed E-state index contributed by atoms with van der Waals surface area (Å²) in [7, 11) is 0. The van der Waals surface area contributed by atoms with Crippen LogP contribution in [0.15, 0.2) is 6.07 Å². The van der Waals surface area contributed by atoms with E-state index in [9.17, 15) is 5.11 Å². The van der Waals surface area contributed by atoms with Crippen molar-refractivity contribution in [2.24, 2.45) is 0 Å². The zero-order chi connectivity index (χ0) is 15.4. The molecule has 2 fully saturated rings. The molecule has 0 spiro atoms. The van der Waals surface area contributed by atoms with Crippen LogP contribution in [0.2, 0.25) is 0 Å². The second-order valence-electron chi connectivity index (χ2n) is 6.88. The van der Waals surface area contributed by atoms with Crippen LogP contribution in [0.3, 0.4) is 0 Å². The largest absolute Gasteiger partial charge is 0.389 e. The highest BCUT2D eigenvalue weighted by molar-refractivity contribution is 5.32. The molecule has 0 aromatic carbocycles. The molecule has 1 saturated heterocycles. The molecule has 1 aromatic rings. The number of aryl methyl sites for hydroxylation is 1. The summed E-state index contributed by atoms with van der Waals surface area (Å²) in [5.41, 5.74) is 1.54.